The minimum Gasteiger partial charge on any atom is -0.356 e. The van der Waals surface area contributed by atoms with Crippen LogP contribution in [0.15, 0.2) is 41.1 Å². The number of amides is 3. The van der Waals surface area contributed by atoms with Crippen molar-refractivity contribution < 1.29 is 23.3 Å². The zero-order valence-corrected chi connectivity index (χ0v) is 21.5. The second-order valence-corrected chi connectivity index (χ2v) is 10.5. The van der Waals surface area contributed by atoms with Crippen molar-refractivity contribution in [3.8, 4) is 0 Å². The van der Waals surface area contributed by atoms with E-state index in [9.17, 15) is 14.4 Å². The van der Waals surface area contributed by atoms with Crippen LogP contribution in [0.2, 0.25) is 0 Å². The summed E-state index contributed by atoms with van der Waals surface area (Å²) in [6, 6.07) is 8.60. The number of carbonyl (C=O) groups is 3. The molecule has 2 aromatic carbocycles. The van der Waals surface area contributed by atoms with Crippen LogP contribution in [0.3, 0.4) is 0 Å². The Balaban J connectivity index is 1.43. The van der Waals surface area contributed by atoms with Crippen molar-refractivity contribution in [3.63, 3.8) is 0 Å². The van der Waals surface area contributed by atoms with Crippen LogP contribution in [-0.2, 0) is 22.7 Å². The number of piperidine rings is 1. The van der Waals surface area contributed by atoms with Gasteiger partial charge in [-0.25, -0.2) is 4.39 Å². The van der Waals surface area contributed by atoms with Crippen LogP contribution in [0, 0.1) is 5.82 Å². The standard InChI is InChI=1S/C28H23ClFN5O4/c29-28(38)34-8-5-14(6-9-34)21-17-12-31-7-10-35-13-18(16(25(17)35)11-19(21)30)22-23(27(37)32-26(22)36)24-15-3-1-2-4-20(15)39-33-24/h1-4,11,13-14,31H,5-10,12H2,(H,32,36,37). The smallest absolute Gasteiger partial charge is 0.316 e. The van der Waals surface area contributed by atoms with Gasteiger partial charge in [-0.05, 0) is 59.7 Å². The van der Waals surface area contributed by atoms with E-state index in [-0.39, 0.29) is 28.6 Å². The minimum atomic E-state index is -0.568. The molecule has 3 amide bonds. The molecule has 39 heavy (non-hydrogen) atoms. The summed E-state index contributed by atoms with van der Waals surface area (Å²) in [5, 5.41) is 10.6. The highest BCUT2D eigenvalue weighted by molar-refractivity contribution is 6.62. The largest absolute Gasteiger partial charge is 0.356 e. The van der Waals surface area contributed by atoms with Gasteiger partial charge in [0.1, 0.15) is 11.5 Å². The van der Waals surface area contributed by atoms with E-state index < -0.39 is 17.2 Å². The van der Waals surface area contributed by atoms with Gasteiger partial charge in [0, 0.05) is 55.3 Å². The fourth-order valence-electron chi connectivity index (χ4n) is 6.29. The summed E-state index contributed by atoms with van der Waals surface area (Å²) in [7, 11) is 0. The van der Waals surface area contributed by atoms with E-state index in [1.54, 1.807) is 29.2 Å². The number of rotatable bonds is 3. The predicted molar refractivity (Wildman–Crippen MR) is 142 cm³/mol. The molecular weight excluding hydrogens is 525 g/mol. The highest BCUT2D eigenvalue weighted by Crippen LogP contribution is 2.42. The van der Waals surface area contributed by atoms with Crippen molar-refractivity contribution in [2.75, 3.05) is 19.6 Å². The summed E-state index contributed by atoms with van der Waals surface area (Å²) in [6.07, 6.45) is 3.04. The Morgan fingerprint density at radius 3 is 2.64 bits per heavy atom. The Bertz CT molecular complexity index is 1750. The van der Waals surface area contributed by atoms with Gasteiger partial charge in [-0.3, -0.25) is 19.7 Å². The number of nitrogens with one attached hydrogen (secondary N) is 2. The number of para-hydroxylation sites is 1. The van der Waals surface area contributed by atoms with Crippen LogP contribution in [0.4, 0.5) is 9.18 Å². The van der Waals surface area contributed by atoms with Crippen LogP contribution in [-0.4, -0.2) is 51.4 Å². The lowest BCUT2D eigenvalue weighted by atomic mass is 9.84. The number of fused-ring (bicyclic) bond motifs is 1. The molecule has 0 bridgehead atoms. The van der Waals surface area contributed by atoms with Gasteiger partial charge >= 0.3 is 5.37 Å². The molecule has 2 N–H and O–H groups in total. The van der Waals surface area contributed by atoms with Gasteiger partial charge in [0.15, 0.2) is 5.58 Å². The third-order valence-electron chi connectivity index (χ3n) is 8.05. The monoisotopic (exact) mass is 547 g/mol. The number of benzene rings is 2. The number of imide groups is 1. The molecule has 0 saturated carbocycles. The molecule has 11 heteroatoms. The molecule has 0 radical (unpaired) electrons. The van der Waals surface area contributed by atoms with Gasteiger partial charge in [-0.1, -0.05) is 17.3 Å². The van der Waals surface area contributed by atoms with Crippen LogP contribution in [0.1, 0.15) is 41.1 Å². The second kappa shape index (κ2) is 9.03. The third-order valence-corrected chi connectivity index (χ3v) is 8.29. The maximum absolute atomic E-state index is 16.0. The van der Waals surface area contributed by atoms with E-state index in [4.69, 9.17) is 16.1 Å². The lowest BCUT2D eigenvalue weighted by Gasteiger charge is -2.32. The zero-order valence-electron chi connectivity index (χ0n) is 20.7. The molecule has 0 unspecified atom stereocenters. The summed E-state index contributed by atoms with van der Waals surface area (Å²) < 4.78 is 23.5. The van der Waals surface area contributed by atoms with E-state index in [2.05, 4.69) is 15.8 Å². The lowest BCUT2D eigenvalue weighted by Crippen LogP contribution is -2.35. The van der Waals surface area contributed by atoms with Crippen LogP contribution in [0.5, 0.6) is 0 Å². The number of halogens is 2. The Kier molecular flexibility index (Phi) is 5.57. The first kappa shape index (κ1) is 24.1. The second-order valence-electron chi connectivity index (χ2n) is 10.1. The summed E-state index contributed by atoms with van der Waals surface area (Å²) in [6.45, 7) is 2.66. The van der Waals surface area contributed by atoms with E-state index in [0.717, 1.165) is 11.1 Å². The molecule has 3 aliphatic rings. The first-order valence-electron chi connectivity index (χ1n) is 12.9. The molecule has 1 fully saturated rings. The van der Waals surface area contributed by atoms with E-state index in [1.807, 2.05) is 10.8 Å². The van der Waals surface area contributed by atoms with Crippen molar-refractivity contribution in [3.05, 3.63) is 64.7 Å². The maximum Gasteiger partial charge on any atom is 0.316 e. The van der Waals surface area contributed by atoms with Gasteiger partial charge in [0.25, 0.3) is 11.8 Å². The summed E-state index contributed by atoms with van der Waals surface area (Å²) in [4.78, 5) is 39.4. The van der Waals surface area contributed by atoms with Crippen LogP contribution < -0.4 is 10.6 Å². The molecule has 3 aliphatic heterocycles. The molecule has 7 rings (SSSR count). The number of hydrogen-bond acceptors (Lipinski definition) is 6. The number of nitrogens with zero attached hydrogens (tertiary/aromatic N) is 3. The molecule has 0 spiro atoms. The molecule has 198 valence electrons. The summed E-state index contributed by atoms with van der Waals surface area (Å²) in [5.74, 6) is -1.56. The van der Waals surface area contributed by atoms with Crippen molar-refractivity contribution in [2.24, 2.45) is 0 Å². The minimum absolute atomic E-state index is 0.0732. The van der Waals surface area contributed by atoms with E-state index in [1.165, 1.54) is 6.07 Å². The highest BCUT2D eigenvalue weighted by Gasteiger charge is 2.38. The fourth-order valence-corrected chi connectivity index (χ4v) is 6.46. The molecule has 0 atom stereocenters. The normalized spacial score (nSPS) is 18.4. The molecule has 1 saturated heterocycles. The third kappa shape index (κ3) is 3.70. The first-order chi connectivity index (χ1) is 18.9. The van der Waals surface area contributed by atoms with Gasteiger partial charge in [0.2, 0.25) is 0 Å². The zero-order chi connectivity index (χ0) is 26.8. The van der Waals surface area contributed by atoms with E-state index >= 15 is 4.39 Å². The SMILES string of the molecule is O=C1NC(=O)C(c2cn3c4c(c(C5CCN(C(=O)Cl)CC5)c(F)cc24)CNCC3)=C1c1noc2ccccc12. The molecule has 0 aliphatic carbocycles. The Labute approximate surface area is 226 Å². The average Bonchev–Trinajstić information content (AvgIpc) is 3.53. The van der Waals surface area contributed by atoms with E-state index in [0.29, 0.717) is 73.0 Å². The van der Waals surface area contributed by atoms with Gasteiger partial charge in [-0.2, -0.15) is 0 Å². The number of carbonyl (C=O) groups excluding carboxylic acids is 3. The van der Waals surface area contributed by atoms with Gasteiger partial charge in [0.05, 0.1) is 16.7 Å². The van der Waals surface area contributed by atoms with Crippen LogP contribution >= 0.6 is 11.6 Å². The quantitative estimate of drug-likeness (QED) is 0.227. The van der Waals surface area contributed by atoms with Crippen molar-refractivity contribution >= 4 is 61.8 Å². The van der Waals surface area contributed by atoms with Gasteiger partial charge in [-0.15, -0.1) is 0 Å². The molecule has 2 aromatic heterocycles. The first-order valence-corrected chi connectivity index (χ1v) is 13.2. The Hall–Kier alpha value is -4.02. The van der Waals surface area contributed by atoms with Crippen molar-refractivity contribution in [1.29, 1.82) is 0 Å². The molecular formula is C28H23ClFN5O4. The number of aromatic nitrogens is 2. The topological polar surface area (TPSA) is 109 Å². The summed E-state index contributed by atoms with van der Waals surface area (Å²) in [5.41, 5.74) is 3.83. The highest BCUT2D eigenvalue weighted by atomic mass is 35.5. The van der Waals surface area contributed by atoms with Crippen molar-refractivity contribution in [1.82, 2.24) is 25.3 Å². The molecule has 5 heterocycles. The average molecular weight is 548 g/mol. The Morgan fingerprint density at radius 1 is 1.08 bits per heavy atom. The van der Waals surface area contributed by atoms with Gasteiger partial charge < -0.3 is 19.3 Å². The summed E-state index contributed by atoms with van der Waals surface area (Å²) >= 11 is 5.67. The lowest BCUT2D eigenvalue weighted by molar-refractivity contribution is -0.122. The van der Waals surface area contributed by atoms with Crippen molar-refractivity contribution in [2.45, 2.75) is 31.8 Å². The number of hydrogen-bond donors (Lipinski definition) is 2. The predicted octanol–water partition coefficient (Wildman–Crippen LogP) is 4.13. The molecule has 9 nitrogen and oxygen atoms in total. The fraction of sp³-hybridized carbons (Fsp3) is 0.286. The Morgan fingerprint density at radius 2 is 1.85 bits per heavy atom. The van der Waals surface area contributed by atoms with Crippen LogP contribution in [0.25, 0.3) is 33.0 Å². The maximum atomic E-state index is 16.0. The molecule has 4 aromatic rings. The number of likely N-dealkylation sites (tertiary alicyclic amines) is 1.